The van der Waals surface area contributed by atoms with Gasteiger partial charge in [-0.05, 0) is 12.2 Å². The molecule has 0 saturated carbocycles. The molecule has 0 bridgehead atoms. The van der Waals surface area contributed by atoms with Crippen molar-refractivity contribution in [2.24, 2.45) is 5.84 Å². The molecular weight excluding hydrogens is 132 g/mol. The average Bonchev–Trinajstić information content (AvgIpc) is 1.94. The van der Waals surface area contributed by atoms with Crippen LogP contribution in [0, 0.1) is 0 Å². The molecule has 0 aromatic heterocycles. The van der Waals surface area contributed by atoms with Crippen LogP contribution < -0.4 is 5.84 Å². The van der Waals surface area contributed by atoms with Gasteiger partial charge in [-0.3, -0.25) is 5.01 Å². The Bertz CT molecular complexity index is 133. The highest BCUT2D eigenvalue weighted by atomic mass is 32.1. The van der Waals surface area contributed by atoms with Crippen LogP contribution in [0.3, 0.4) is 0 Å². The number of nitrogens with zero attached hydrogens (tertiary/aromatic N) is 1. The van der Waals surface area contributed by atoms with Crippen LogP contribution in [0.5, 0.6) is 0 Å². The molecule has 1 aliphatic rings. The average molecular weight is 142 g/mol. The third-order valence-corrected chi connectivity index (χ3v) is 0.850. The highest BCUT2D eigenvalue weighted by Crippen LogP contribution is 1.89. The largest absolute Gasteiger partial charge is 0.294 e. The van der Waals surface area contributed by atoms with Gasteiger partial charge in [0, 0.05) is 12.4 Å². The summed E-state index contributed by atoms with van der Waals surface area (Å²) in [5.74, 6) is 5.35. The third kappa shape index (κ3) is 3.00. The van der Waals surface area contributed by atoms with Crippen molar-refractivity contribution in [2.45, 2.75) is 0 Å². The summed E-state index contributed by atoms with van der Waals surface area (Å²) in [7, 11) is 0. The minimum absolute atomic E-state index is 0. The Labute approximate surface area is 61.8 Å². The quantitative estimate of drug-likeness (QED) is 0.508. The van der Waals surface area contributed by atoms with E-state index < -0.39 is 0 Å². The Hall–Kier alpha value is -0.670. The molecule has 0 amide bonds. The maximum atomic E-state index is 5.35. The van der Waals surface area contributed by atoms with E-state index in [4.69, 9.17) is 5.84 Å². The van der Waals surface area contributed by atoms with Crippen molar-refractivity contribution in [2.75, 3.05) is 0 Å². The number of hydrogen-bond acceptors (Lipinski definition) is 2. The van der Waals surface area contributed by atoms with E-state index in [1.54, 1.807) is 12.4 Å². The number of hydrazine groups is 1. The maximum Gasteiger partial charge on any atom is 0.0206 e. The molecule has 0 unspecified atom stereocenters. The van der Waals surface area contributed by atoms with E-state index in [1.165, 1.54) is 5.01 Å². The molecule has 3 heteroatoms. The van der Waals surface area contributed by atoms with E-state index >= 15 is 0 Å². The molecule has 0 fully saturated rings. The SMILES string of the molecule is NN1C=CC=CC=C1.S. The van der Waals surface area contributed by atoms with Gasteiger partial charge in [0.1, 0.15) is 0 Å². The van der Waals surface area contributed by atoms with Crippen molar-refractivity contribution in [3.63, 3.8) is 0 Å². The second-order valence-corrected chi connectivity index (χ2v) is 1.52. The van der Waals surface area contributed by atoms with Gasteiger partial charge in [-0.2, -0.15) is 13.5 Å². The summed E-state index contributed by atoms with van der Waals surface area (Å²) in [6.45, 7) is 0. The molecule has 0 radical (unpaired) electrons. The van der Waals surface area contributed by atoms with Crippen LogP contribution in [0.1, 0.15) is 0 Å². The first-order chi connectivity index (χ1) is 3.89. The minimum Gasteiger partial charge on any atom is -0.294 e. The highest BCUT2D eigenvalue weighted by Gasteiger charge is 1.80. The molecule has 1 aliphatic heterocycles. The lowest BCUT2D eigenvalue weighted by Gasteiger charge is -2.02. The van der Waals surface area contributed by atoms with Gasteiger partial charge < -0.3 is 0 Å². The zero-order valence-corrected chi connectivity index (χ0v) is 5.99. The van der Waals surface area contributed by atoms with E-state index in [2.05, 4.69) is 0 Å². The van der Waals surface area contributed by atoms with E-state index in [0.717, 1.165) is 0 Å². The summed E-state index contributed by atoms with van der Waals surface area (Å²) in [5.41, 5.74) is 0. The standard InChI is InChI=1S/C6H8N2.H2S/c7-8-5-3-1-2-4-6-8;/h1-6H,7H2;1H2. The van der Waals surface area contributed by atoms with Crippen LogP contribution in [0.4, 0.5) is 0 Å². The van der Waals surface area contributed by atoms with E-state index in [0.29, 0.717) is 0 Å². The lowest BCUT2D eigenvalue weighted by Crippen LogP contribution is -2.16. The van der Waals surface area contributed by atoms with Gasteiger partial charge in [0.15, 0.2) is 0 Å². The molecule has 0 aromatic carbocycles. The molecule has 0 aliphatic carbocycles. The van der Waals surface area contributed by atoms with Crippen molar-refractivity contribution >= 4 is 13.5 Å². The Kier molecular flexibility index (Phi) is 3.92. The van der Waals surface area contributed by atoms with Crippen molar-refractivity contribution in [3.8, 4) is 0 Å². The second-order valence-electron chi connectivity index (χ2n) is 1.52. The third-order valence-electron chi connectivity index (χ3n) is 0.850. The topological polar surface area (TPSA) is 29.3 Å². The van der Waals surface area contributed by atoms with E-state index in [-0.39, 0.29) is 13.5 Å². The Morgan fingerprint density at radius 2 is 1.33 bits per heavy atom. The number of nitrogens with two attached hydrogens (primary N) is 1. The van der Waals surface area contributed by atoms with Gasteiger partial charge in [0.2, 0.25) is 0 Å². The van der Waals surface area contributed by atoms with Gasteiger partial charge in [-0.15, -0.1) is 0 Å². The fourth-order valence-electron chi connectivity index (χ4n) is 0.476. The highest BCUT2D eigenvalue weighted by molar-refractivity contribution is 7.59. The van der Waals surface area contributed by atoms with Crippen molar-refractivity contribution in [1.29, 1.82) is 0 Å². The molecule has 50 valence electrons. The van der Waals surface area contributed by atoms with Crippen LogP contribution in [-0.4, -0.2) is 5.01 Å². The van der Waals surface area contributed by atoms with Gasteiger partial charge in [-0.1, -0.05) is 12.2 Å². The summed E-state index contributed by atoms with van der Waals surface area (Å²) in [5, 5.41) is 1.50. The summed E-state index contributed by atoms with van der Waals surface area (Å²) < 4.78 is 0. The van der Waals surface area contributed by atoms with Crippen molar-refractivity contribution in [3.05, 3.63) is 36.7 Å². The fraction of sp³-hybridized carbons (Fsp3) is 0. The first-order valence-corrected chi connectivity index (χ1v) is 2.44. The molecule has 9 heavy (non-hydrogen) atoms. The molecular formula is C6H10N2S. The molecule has 1 heterocycles. The molecule has 0 spiro atoms. The zero-order valence-electron chi connectivity index (χ0n) is 4.99. The van der Waals surface area contributed by atoms with Gasteiger partial charge >= 0.3 is 0 Å². The van der Waals surface area contributed by atoms with Crippen molar-refractivity contribution in [1.82, 2.24) is 5.01 Å². The van der Waals surface area contributed by atoms with Gasteiger partial charge in [0.25, 0.3) is 0 Å². The molecule has 0 aromatic rings. The lowest BCUT2D eigenvalue weighted by atomic mass is 10.5. The van der Waals surface area contributed by atoms with Crippen LogP contribution >= 0.6 is 13.5 Å². The van der Waals surface area contributed by atoms with Crippen LogP contribution in [0.2, 0.25) is 0 Å². The number of rotatable bonds is 0. The summed E-state index contributed by atoms with van der Waals surface area (Å²) in [6, 6.07) is 0. The van der Waals surface area contributed by atoms with Crippen LogP contribution in [-0.2, 0) is 0 Å². The summed E-state index contributed by atoms with van der Waals surface area (Å²) >= 11 is 0. The minimum atomic E-state index is 0. The summed E-state index contributed by atoms with van der Waals surface area (Å²) in [6.07, 6.45) is 11.1. The Morgan fingerprint density at radius 3 is 1.78 bits per heavy atom. The predicted octanol–water partition coefficient (Wildman–Crippen LogP) is 0.872. The van der Waals surface area contributed by atoms with Gasteiger partial charge in [-0.25, -0.2) is 5.84 Å². The van der Waals surface area contributed by atoms with Crippen molar-refractivity contribution < 1.29 is 0 Å². The molecule has 0 saturated heterocycles. The van der Waals surface area contributed by atoms with Crippen LogP contribution in [0.25, 0.3) is 0 Å². The lowest BCUT2D eigenvalue weighted by molar-refractivity contribution is 0.541. The fourth-order valence-corrected chi connectivity index (χ4v) is 0.476. The molecule has 2 nitrogen and oxygen atoms in total. The first kappa shape index (κ1) is 8.33. The Morgan fingerprint density at radius 1 is 0.889 bits per heavy atom. The monoisotopic (exact) mass is 142 g/mol. The first-order valence-electron chi connectivity index (χ1n) is 2.44. The smallest absolute Gasteiger partial charge is 0.0206 e. The van der Waals surface area contributed by atoms with Gasteiger partial charge in [0.05, 0.1) is 0 Å². The normalized spacial score (nSPS) is 15.0. The molecule has 0 atom stereocenters. The molecule has 2 N–H and O–H groups in total. The van der Waals surface area contributed by atoms with Crippen LogP contribution in [0.15, 0.2) is 36.7 Å². The number of allylic oxidation sites excluding steroid dienone is 4. The maximum absolute atomic E-state index is 5.35. The van der Waals surface area contributed by atoms with E-state index in [9.17, 15) is 0 Å². The summed E-state index contributed by atoms with van der Waals surface area (Å²) in [4.78, 5) is 0. The van der Waals surface area contributed by atoms with E-state index in [1.807, 2.05) is 24.3 Å². The predicted molar refractivity (Wildman–Crippen MR) is 43.8 cm³/mol. The molecule has 1 rings (SSSR count). The Balaban J connectivity index is 0.000000640. The second kappa shape index (κ2) is 4.23. The number of hydrogen-bond donors (Lipinski definition) is 1. The zero-order chi connectivity index (χ0) is 5.82.